The minimum Gasteiger partial charge on any atom is -0.478 e. The number of aryl methyl sites for hydroxylation is 1. The fourth-order valence-corrected chi connectivity index (χ4v) is 5.25. The van der Waals surface area contributed by atoms with Crippen molar-refractivity contribution in [1.29, 1.82) is 0 Å². The van der Waals surface area contributed by atoms with Crippen LogP contribution in [0.2, 0.25) is 0 Å². The lowest BCUT2D eigenvalue weighted by Gasteiger charge is -2.21. The molecule has 2 fully saturated rings. The van der Waals surface area contributed by atoms with Crippen LogP contribution in [0.3, 0.4) is 0 Å². The van der Waals surface area contributed by atoms with E-state index in [1.165, 1.54) is 12.8 Å². The normalized spacial score (nSPS) is 19.4. The first-order valence-electron chi connectivity index (χ1n) is 12.1. The third kappa shape index (κ3) is 4.32. The Morgan fingerprint density at radius 1 is 1.24 bits per heavy atom. The maximum absolute atomic E-state index is 13.4. The Hall–Kier alpha value is -3.19. The summed E-state index contributed by atoms with van der Waals surface area (Å²) in [5.74, 6) is 0.961. The summed E-state index contributed by atoms with van der Waals surface area (Å²) in [5.41, 5.74) is 3.33. The maximum atomic E-state index is 13.4. The molecule has 1 unspecified atom stereocenters. The van der Waals surface area contributed by atoms with Gasteiger partial charge in [0.15, 0.2) is 0 Å². The van der Waals surface area contributed by atoms with Gasteiger partial charge >= 0.3 is 5.97 Å². The molecule has 0 bridgehead atoms. The number of aromatic carboxylic acids is 1. The summed E-state index contributed by atoms with van der Waals surface area (Å²) in [4.78, 5) is 32.7. The smallest absolute Gasteiger partial charge is 0.337 e. The number of carboxylic acids is 1. The third-order valence-electron chi connectivity index (χ3n) is 7.24. The van der Waals surface area contributed by atoms with E-state index in [-0.39, 0.29) is 23.1 Å². The predicted molar refractivity (Wildman–Crippen MR) is 134 cm³/mol. The van der Waals surface area contributed by atoms with Gasteiger partial charge in [-0.2, -0.15) is 0 Å². The molecular weight excluding hydrogens is 428 g/mol. The average Bonchev–Trinajstić information content (AvgIpc) is 3.51. The number of carboxylic acid groups (broad SMARTS) is 1. The number of anilines is 1. The van der Waals surface area contributed by atoms with E-state index < -0.39 is 5.97 Å². The van der Waals surface area contributed by atoms with Crippen LogP contribution in [-0.4, -0.2) is 45.2 Å². The molecule has 1 aliphatic heterocycles. The molecule has 3 aromatic rings. The lowest BCUT2D eigenvalue weighted by Crippen LogP contribution is -2.27. The SMILES string of the molecule is Cc1cc([C@@H](C)Nc2ccccc2C(=O)O)c2nc(C3CCN(CC4CC4)C3)n(C)c(=O)c2c1. The molecule has 1 aliphatic carbocycles. The number of hydrogen-bond donors (Lipinski definition) is 2. The van der Waals surface area contributed by atoms with Gasteiger partial charge < -0.3 is 15.3 Å². The molecule has 2 aromatic carbocycles. The Morgan fingerprint density at radius 3 is 2.74 bits per heavy atom. The molecule has 0 amide bonds. The molecule has 1 aromatic heterocycles. The molecule has 1 saturated heterocycles. The standard InChI is InChI=1S/C27H32N4O3/c1-16-12-21(17(2)28-23-7-5-4-6-20(23)27(33)34)24-22(13-16)26(32)30(3)25(29-24)19-10-11-31(15-19)14-18-8-9-18/h4-7,12-13,17-19,28H,8-11,14-15H2,1-3H3,(H,33,34)/t17-,19?/m1/s1. The van der Waals surface area contributed by atoms with Crippen molar-refractivity contribution < 1.29 is 9.90 Å². The van der Waals surface area contributed by atoms with Crippen LogP contribution in [0, 0.1) is 12.8 Å². The molecule has 34 heavy (non-hydrogen) atoms. The lowest BCUT2D eigenvalue weighted by molar-refractivity contribution is 0.0698. The van der Waals surface area contributed by atoms with Crippen LogP contribution in [0.15, 0.2) is 41.2 Å². The highest BCUT2D eigenvalue weighted by Gasteiger charge is 2.32. The van der Waals surface area contributed by atoms with E-state index in [4.69, 9.17) is 4.98 Å². The van der Waals surface area contributed by atoms with Crippen molar-refractivity contribution in [1.82, 2.24) is 14.5 Å². The van der Waals surface area contributed by atoms with Crippen molar-refractivity contribution >= 4 is 22.6 Å². The number of likely N-dealkylation sites (tertiary alicyclic amines) is 1. The second kappa shape index (κ2) is 8.87. The average molecular weight is 461 g/mol. The van der Waals surface area contributed by atoms with Crippen molar-refractivity contribution in [3.8, 4) is 0 Å². The second-order valence-electron chi connectivity index (χ2n) is 9.99. The first kappa shape index (κ1) is 22.6. The van der Waals surface area contributed by atoms with E-state index in [9.17, 15) is 14.7 Å². The van der Waals surface area contributed by atoms with Crippen LogP contribution in [0.5, 0.6) is 0 Å². The van der Waals surface area contributed by atoms with E-state index in [2.05, 4.69) is 10.2 Å². The molecule has 2 heterocycles. The van der Waals surface area contributed by atoms with Gasteiger partial charge in [0.05, 0.1) is 22.5 Å². The summed E-state index contributed by atoms with van der Waals surface area (Å²) >= 11 is 0. The van der Waals surface area contributed by atoms with Gasteiger partial charge in [-0.15, -0.1) is 0 Å². The van der Waals surface area contributed by atoms with E-state index in [0.717, 1.165) is 48.9 Å². The summed E-state index contributed by atoms with van der Waals surface area (Å²) in [5, 5.41) is 13.5. The van der Waals surface area contributed by atoms with Crippen LogP contribution in [0.4, 0.5) is 5.69 Å². The minimum absolute atomic E-state index is 0.0243. The molecular formula is C27H32N4O3. The van der Waals surface area contributed by atoms with E-state index in [0.29, 0.717) is 16.6 Å². The second-order valence-corrected chi connectivity index (χ2v) is 9.99. The topological polar surface area (TPSA) is 87.5 Å². The van der Waals surface area contributed by atoms with Gasteiger partial charge in [-0.1, -0.05) is 18.2 Å². The highest BCUT2D eigenvalue weighted by molar-refractivity contribution is 5.94. The minimum atomic E-state index is -0.976. The Morgan fingerprint density at radius 2 is 2.00 bits per heavy atom. The summed E-state index contributed by atoms with van der Waals surface area (Å²) in [6.45, 7) is 7.12. The molecule has 7 nitrogen and oxygen atoms in total. The Balaban J connectivity index is 1.53. The van der Waals surface area contributed by atoms with E-state index in [1.807, 2.05) is 39.1 Å². The number of carbonyl (C=O) groups is 1. The lowest BCUT2D eigenvalue weighted by atomic mass is 9.99. The van der Waals surface area contributed by atoms with Gasteiger partial charge in [0.1, 0.15) is 5.82 Å². The summed E-state index contributed by atoms with van der Waals surface area (Å²) in [7, 11) is 1.83. The Kier molecular flexibility index (Phi) is 5.90. The number of nitrogens with zero attached hydrogens (tertiary/aromatic N) is 3. The number of fused-ring (bicyclic) bond motifs is 1. The summed E-state index contributed by atoms with van der Waals surface area (Å²) in [6, 6.07) is 10.6. The number of benzene rings is 2. The highest BCUT2D eigenvalue weighted by atomic mass is 16.4. The zero-order valence-corrected chi connectivity index (χ0v) is 20.0. The molecule has 7 heteroatoms. The quantitative estimate of drug-likeness (QED) is 0.546. The van der Waals surface area contributed by atoms with Gasteiger partial charge in [-0.3, -0.25) is 9.36 Å². The van der Waals surface area contributed by atoms with Crippen LogP contribution >= 0.6 is 0 Å². The van der Waals surface area contributed by atoms with Crippen LogP contribution < -0.4 is 10.9 Å². The monoisotopic (exact) mass is 460 g/mol. The highest BCUT2D eigenvalue weighted by Crippen LogP contribution is 2.34. The molecule has 178 valence electrons. The fraction of sp³-hybridized carbons (Fsp3) is 0.444. The molecule has 0 spiro atoms. The molecule has 0 radical (unpaired) electrons. The summed E-state index contributed by atoms with van der Waals surface area (Å²) in [6.07, 6.45) is 3.69. The number of aromatic nitrogens is 2. The third-order valence-corrected chi connectivity index (χ3v) is 7.24. The van der Waals surface area contributed by atoms with Crippen molar-refractivity contribution in [2.45, 2.75) is 45.1 Å². The first-order chi connectivity index (χ1) is 16.3. The van der Waals surface area contributed by atoms with Gasteiger partial charge in [0.2, 0.25) is 0 Å². The zero-order chi connectivity index (χ0) is 24.0. The molecule has 1 saturated carbocycles. The molecule has 2 atom stereocenters. The zero-order valence-electron chi connectivity index (χ0n) is 20.0. The van der Waals surface area contributed by atoms with Crippen LogP contribution in [0.1, 0.15) is 65.5 Å². The van der Waals surface area contributed by atoms with E-state index >= 15 is 0 Å². The van der Waals surface area contributed by atoms with Crippen molar-refractivity contribution in [3.05, 3.63) is 69.3 Å². The van der Waals surface area contributed by atoms with Gasteiger partial charge in [-0.25, -0.2) is 9.78 Å². The Labute approximate surface area is 199 Å². The van der Waals surface area contributed by atoms with Gasteiger partial charge in [-0.05, 0) is 69.3 Å². The number of hydrogen-bond acceptors (Lipinski definition) is 5. The fourth-order valence-electron chi connectivity index (χ4n) is 5.25. The largest absolute Gasteiger partial charge is 0.478 e. The number of nitrogens with one attached hydrogen (secondary N) is 1. The number of rotatable bonds is 7. The van der Waals surface area contributed by atoms with Crippen LogP contribution in [0.25, 0.3) is 10.9 Å². The van der Waals surface area contributed by atoms with Crippen molar-refractivity contribution in [3.63, 3.8) is 0 Å². The number of para-hydroxylation sites is 1. The predicted octanol–water partition coefficient (Wildman–Crippen LogP) is 4.31. The van der Waals surface area contributed by atoms with Gasteiger partial charge in [0.25, 0.3) is 5.56 Å². The summed E-state index contributed by atoms with van der Waals surface area (Å²) < 4.78 is 1.73. The van der Waals surface area contributed by atoms with Gasteiger partial charge in [0, 0.05) is 37.3 Å². The Bertz CT molecular complexity index is 1310. The molecule has 2 aliphatic rings. The van der Waals surface area contributed by atoms with Crippen molar-refractivity contribution in [2.75, 3.05) is 25.0 Å². The van der Waals surface area contributed by atoms with Crippen molar-refractivity contribution in [2.24, 2.45) is 13.0 Å². The first-order valence-corrected chi connectivity index (χ1v) is 12.1. The maximum Gasteiger partial charge on any atom is 0.337 e. The van der Waals surface area contributed by atoms with Crippen LogP contribution in [-0.2, 0) is 7.05 Å². The van der Waals surface area contributed by atoms with E-state index in [1.54, 1.807) is 22.8 Å². The molecule has 5 rings (SSSR count). The molecule has 2 N–H and O–H groups in total.